The largest absolute Gasteiger partial charge is 0.490 e. The Hall–Kier alpha value is -5.12. The van der Waals surface area contributed by atoms with Gasteiger partial charge < -0.3 is 19.5 Å². The van der Waals surface area contributed by atoms with Crippen LogP contribution in [0, 0.1) is 0 Å². The van der Waals surface area contributed by atoms with Gasteiger partial charge in [-0.3, -0.25) is 19.7 Å². The fourth-order valence-corrected chi connectivity index (χ4v) is 3.82. The molecule has 206 valence electrons. The summed E-state index contributed by atoms with van der Waals surface area (Å²) in [6.07, 6.45) is 2.18. The molecule has 0 spiro atoms. The number of nitrogens with zero attached hydrogens (tertiary/aromatic N) is 1. The Labute approximate surface area is 231 Å². The van der Waals surface area contributed by atoms with E-state index in [0.29, 0.717) is 41.7 Å². The first kappa shape index (κ1) is 27.9. The highest BCUT2D eigenvalue weighted by Crippen LogP contribution is 2.34. The molecule has 1 fully saturated rings. The predicted octanol–water partition coefficient (Wildman–Crippen LogP) is 4.56. The second-order valence-electron chi connectivity index (χ2n) is 8.64. The summed E-state index contributed by atoms with van der Waals surface area (Å²) in [5.41, 5.74) is 1.19. The minimum Gasteiger partial charge on any atom is -0.490 e. The lowest BCUT2D eigenvalue weighted by atomic mass is 10.1. The van der Waals surface area contributed by atoms with Crippen LogP contribution < -0.4 is 29.7 Å². The Morgan fingerprint density at radius 3 is 2.35 bits per heavy atom. The number of ether oxygens (including phenoxy) is 3. The van der Waals surface area contributed by atoms with E-state index >= 15 is 0 Å². The summed E-state index contributed by atoms with van der Waals surface area (Å²) in [4.78, 5) is 51.5. The van der Waals surface area contributed by atoms with Crippen LogP contribution >= 0.6 is 0 Å². The number of imide groups is 2. The number of nitrogens with one attached hydrogen (secondary N) is 2. The first-order chi connectivity index (χ1) is 19.4. The monoisotopic (exact) mass is 543 g/mol. The Balaban J connectivity index is 1.47. The van der Waals surface area contributed by atoms with Gasteiger partial charge in [0, 0.05) is 11.8 Å². The number of benzene rings is 3. The van der Waals surface area contributed by atoms with Crippen molar-refractivity contribution in [1.29, 1.82) is 0 Å². The minimum atomic E-state index is -0.866. The van der Waals surface area contributed by atoms with Crippen molar-refractivity contribution < 1.29 is 33.4 Å². The third-order valence-electron chi connectivity index (χ3n) is 5.67. The van der Waals surface area contributed by atoms with Gasteiger partial charge in [0.25, 0.3) is 17.7 Å². The topological polar surface area (TPSA) is 123 Å². The van der Waals surface area contributed by atoms with Crippen molar-refractivity contribution in [3.63, 3.8) is 0 Å². The maximum absolute atomic E-state index is 13.3. The molecule has 1 aliphatic heterocycles. The second kappa shape index (κ2) is 13.1. The highest BCUT2D eigenvalue weighted by molar-refractivity contribution is 6.39. The summed E-state index contributed by atoms with van der Waals surface area (Å²) in [6.45, 7) is 4.42. The number of hydrogen-bond donors (Lipinski definition) is 2. The predicted molar refractivity (Wildman–Crippen MR) is 149 cm³/mol. The van der Waals surface area contributed by atoms with Crippen LogP contribution in [0.5, 0.6) is 17.2 Å². The normalized spacial score (nSPS) is 14.1. The van der Waals surface area contributed by atoms with Crippen LogP contribution in [0.4, 0.5) is 16.2 Å². The van der Waals surface area contributed by atoms with E-state index < -0.39 is 17.8 Å². The zero-order valence-electron chi connectivity index (χ0n) is 22.1. The number of barbiturate groups is 1. The number of anilines is 2. The van der Waals surface area contributed by atoms with Crippen molar-refractivity contribution in [2.45, 2.75) is 20.3 Å². The standard InChI is InChI=1S/C30H29N3O7/c1-3-16-39-25-15-12-22(18-26(25)38-4-2)33-29(36)24(28(35)32-30(33)37)17-20-10-13-23(14-11-20)40-19-27(34)31-21-8-6-5-7-9-21/h5-15,17-18H,3-4,16,19H2,1-2H3,(H,31,34)(H,32,35,37)/b24-17+. The fraction of sp³-hybridized carbons (Fsp3) is 0.200. The highest BCUT2D eigenvalue weighted by Gasteiger charge is 2.37. The van der Waals surface area contributed by atoms with E-state index in [4.69, 9.17) is 14.2 Å². The van der Waals surface area contributed by atoms with Crippen molar-refractivity contribution in [3.8, 4) is 17.2 Å². The van der Waals surface area contributed by atoms with Crippen molar-refractivity contribution in [1.82, 2.24) is 5.32 Å². The van der Waals surface area contributed by atoms with Gasteiger partial charge in [0.1, 0.15) is 11.3 Å². The van der Waals surface area contributed by atoms with Gasteiger partial charge in [-0.1, -0.05) is 37.3 Å². The average molecular weight is 544 g/mol. The quantitative estimate of drug-likeness (QED) is 0.269. The molecule has 0 aliphatic carbocycles. The Morgan fingerprint density at radius 2 is 1.65 bits per heavy atom. The SMILES string of the molecule is CCCOc1ccc(N2C(=O)NC(=O)/C(=C\c3ccc(OCC(=O)Nc4ccccc4)cc3)C2=O)cc1OCC. The molecule has 5 amide bonds. The lowest BCUT2D eigenvalue weighted by molar-refractivity contribution is -0.122. The number of para-hydroxylation sites is 1. The maximum Gasteiger partial charge on any atom is 0.335 e. The molecule has 1 aliphatic rings. The van der Waals surface area contributed by atoms with Gasteiger partial charge in [-0.15, -0.1) is 0 Å². The second-order valence-corrected chi connectivity index (χ2v) is 8.64. The van der Waals surface area contributed by atoms with Crippen LogP contribution in [0.25, 0.3) is 6.08 Å². The number of carbonyl (C=O) groups is 4. The van der Waals surface area contributed by atoms with Crippen molar-refractivity contribution >= 4 is 41.2 Å². The van der Waals surface area contributed by atoms with Crippen molar-refractivity contribution in [2.75, 3.05) is 30.0 Å². The molecule has 10 heteroatoms. The smallest absolute Gasteiger partial charge is 0.335 e. The summed E-state index contributed by atoms with van der Waals surface area (Å²) < 4.78 is 16.9. The molecule has 0 unspecified atom stereocenters. The van der Waals surface area contributed by atoms with Crippen LogP contribution in [-0.4, -0.2) is 43.6 Å². The molecule has 2 N–H and O–H groups in total. The zero-order chi connectivity index (χ0) is 28.5. The molecule has 0 bridgehead atoms. The lowest BCUT2D eigenvalue weighted by Crippen LogP contribution is -2.54. The first-order valence-electron chi connectivity index (χ1n) is 12.8. The average Bonchev–Trinajstić information content (AvgIpc) is 2.95. The van der Waals surface area contributed by atoms with Crippen LogP contribution in [-0.2, 0) is 14.4 Å². The lowest BCUT2D eigenvalue weighted by Gasteiger charge is -2.27. The number of urea groups is 1. The van der Waals surface area contributed by atoms with Gasteiger partial charge in [0.15, 0.2) is 18.1 Å². The number of carbonyl (C=O) groups excluding carboxylic acids is 4. The van der Waals surface area contributed by atoms with Crippen molar-refractivity contribution in [3.05, 3.63) is 83.9 Å². The molecular weight excluding hydrogens is 514 g/mol. The Morgan fingerprint density at radius 1 is 0.900 bits per heavy atom. The highest BCUT2D eigenvalue weighted by atomic mass is 16.5. The van der Waals surface area contributed by atoms with Crippen LogP contribution in [0.1, 0.15) is 25.8 Å². The minimum absolute atomic E-state index is 0.195. The molecule has 1 saturated heterocycles. The molecule has 40 heavy (non-hydrogen) atoms. The zero-order valence-corrected chi connectivity index (χ0v) is 22.1. The summed E-state index contributed by atoms with van der Waals surface area (Å²) in [5, 5.41) is 4.94. The summed E-state index contributed by atoms with van der Waals surface area (Å²) >= 11 is 0. The fourth-order valence-electron chi connectivity index (χ4n) is 3.82. The van der Waals surface area contributed by atoms with E-state index in [1.165, 1.54) is 12.1 Å². The third-order valence-corrected chi connectivity index (χ3v) is 5.67. The van der Waals surface area contributed by atoms with Crippen molar-refractivity contribution in [2.24, 2.45) is 0 Å². The molecule has 3 aromatic carbocycles. The molecule has 0 radical (unpaired) electrons. The summed E-state index contributed by atoms with van der Waals surface area (Å²) in [5.74, 6) is -0.610. The molecule has 10 nitrogen and oxygen atoms in total. The summed E-state index contributed by atoms with van der Waals surface area (Å²) in [6, 6.07) is 19.3. The van der Waals surface area contributed by atoms with Gasteiger partial charge in [-0.05, 0) is 61.4 Å². The summed E-state index contributed by atoms with van der Waals surface area (Å²) in [7, 11) is 0. The molecule has 0 saturated carbocycles. The van der Waals surface area contributed by atoms with E-state index in [-0.39, 0.29) is 23.8 Å². The van der Waals surface area contributed by atoms with E-state index in [0.717, 1.165) is 11.3 Å². The Bertz CT molecular complexity index is 1420. The van der Waals surface area contributed by atoms with Gasteiger partial charge in [-0.25, -0.2) is 9.69 Å². The molecule has 0 aromatic heterocycles. The molecular formula is C30H29N3O7. The van der Waals surface area contributed by atoms with Gasteiger partial charge in [-0.2, -0.15) is 0 Å². The van der Waals surface area contributed by atoms with E-state index in [1.807, 2.05) is 32.0 Å². The van der Waals surface area contributed by atoms with Crippen LogP contribution in [0.15, 0.2) is 78.4 Å². The number of hydrogen-bond acceptors (Lipinski definition) is 7. The van der Waals surface area contributed by atoms with E-state index in [9.17, 15) is 19.2 Å². The van der Waals surface area contributed by atoms with Crippen LogP contribution in [0.3, 0.4) is 0 Å². The molecule has 0 atom stereocenters. The van der Waals surface area contributed by atoms with E-state index in [2.05, 4.69) is 10.6 Å². The van der Waals surface area contributed by atoms with Gasteiger partial charge in [0.2, 0.25) is 0 Å². The van der Waals surface area contributed by atoms with Crippen LogP contribution in [0.2, 0.25) is 0 Å². The third kappa shape index (κ3) is 6.84. The first-order valence-corrected chi connectivity index (χ1v) is 12.8. The molecule has 4 rings (SSSR count). The van der Waals surface area contributed by atoms with E-state index in [1.54, 1.807) is 48.5 Å². The maximum atomic E-state index is 13.3. The van der Waals surface area contributed by atoms with Gasteiger partial charge >= 0.3 is 6.03 Å². The molecule has 3 aromatic rings. The number of rotatable bonds is 11. The molecule has 1 heterocycles. The number of amides is 5. The Kier molecular flexibility index (Phi) is 9.14. The van der Waals surface area contributed by atoms with Gasteiger partial charge in [0.05, 0.1) is 18.9 Å².